The van der Waals surface area contributed by atoms with Crippen LogP contribution in [0.15, 0.2) is 90.5 Å². The maximum absolute atomic E-state index is 9.64. The molecule has 1 nitrogen and oxygen atoms in total. The van der Waals surface area contributed by atoms with E-state index in [2.05, 4.69) is 75.4 Å². The summed E-state index contributed by atoms with van der Waals surface area (Å²) in [5.41, 5.74) is 5.92. The molecule has 3 rings (SSSR count). The lowest BCUT2D eigenvalue weighted by atomic mass is 9.71. The molecule has 25 heavy (non-hydrogen) atoms. The Bertz CT molecular complexity index is 858. The molecule has 0 aliphatic carbocycles. The molecule has 1 unspecified atom stereocenters. The summed E-state index contributed by atoms with van der Waals surface area (Å²) in [6, 6.07) is 26.8. The Hall–Kier alpha value is -2.80. The minimum absolute atomic E-state index is 0.225. The van der Waals surface area contributed by atoms with Crippen LogP contribution in [0.3, 0.4) is 0 Å². The summed E-state index contributed by atoms with van der Waals surface area (Å²) >= 11 is 0. The standard InChI is InChI=1S/C24H24O/c1-4-18(2)24(3,22-14-16-23(25)17-15-22)21-12-10-20(11-13-21)19-8-6-5-7-9-19/h4-17,25H,1-3H3/b18-4+. The maximum atomic E-state index is 9.64. The summed E-state index contributed by atoms with van der Waals surface area (Å²) in [6.45, 7) is 6.48. The van der Waals surface area contributed by atoms with E-state index in [4.69, 9.17) is 0 Å². The molecule has 0 fully saturated rings. The molecule has 1 heteroatoms. The minimum atomic E-state index is -0.225. The van der Waals surface area contributed by atoms with Crippen LogP contribution in [0.1, 0.15) is 31.9 Å². The van der Waals surface area contributed by atoms with Gasteiger partial charge < -0.3 is 5.11 Å². The zero-order valence-corrected chi connectivity index (χ0v) is 15.0. The van der Waals surface area contributed by atoms with Crippen molar-refractivity contribution in [1.29, 1.82) is 0 Å². The average Bonchev–Trinajstić information content (AvgIpc) is 2.68. The molecule has 1 atom stereocenters. The fraction of sp³-hybridized carbons (Fsp3) is 0.167. The molecule has 0 aliphatic rings. The van der Waals surface area contributed by atoms with Gasteiger partial charge in [0.15, 0.2) is 0 Å². The molecule has 0 radical (unpaired) electrons. The van der Waals surface area contributed by atoms with Crippen molar-refractivity contribution >= 4 is 0 Å². The van der Waals surface area contributed by atoms with Gasteiger partial charge in [-0.15, -0.1) is 0 Å². The number of allylic oxidation sites excluding steroid dienone is 2. The topological polar surface area (TPSA) is 20.2 Å². The first-order valence-electron chi connectivity index (χ1n) is 8.64. The molecular weight excluding hydrogens is 304 g/mol. The quantitative estimate of drug-likeness (QED) is 0.555. The molecular formula is C24H24O. The lowest BCUT2D eigenvalue weighted by Crippen LogP contribution is -2.25. The smallest absolute Gasteiger partial charge is 0.115 e. The summed E-state index contributed by atoms with van der Waals surface area (Å²) in [4.78, 5) is 0. The van der Waals surface area contributed by atoms with Gasteiger partial charge in [0, 0.05) is 5.41 Å². The third-order valence-electron chi connectivity index (χ3n) is 5.24. The molecule has 0 aliphatic heterocycles. The zero-order valence-electron chi connectivity index (χ0n) is 15.0. The van der Waals surface area contributed by atoms with Crippen molar-refractivity contribution < 1.29 is 5.11 Å². The zero-order chi connectivity index (χ0) is 17.9. The second-order valence-electron chi connectivity index (χ2n) is 6.59. The normalized spacial score (nSPS) is 14.1. The van der Waals surface area contributed by atoms with Crippen molar-refractivity contribution in [3.63, 3.8) is 0 Å². The van der Waals surface area contributed by atoms with Crippen LogP contribution in [-0.2, 0) is 5.41 Å². The number of hydrogen-bond donors (Lipinski definition) is 1. The fourth-order valence-corrected chi connectivity index (χ4v) is 3.33. The molecule has 1 N–H and O–H groups in total. The Morgan fingerprint density at radius 2 is 1.24 bits per heavy atom. The first kappa shape index (κ1) is 17.0. The van der Waals surface area contributed by atoms with Gasteiger partial charge in [-0.05, 0) is 55.2 Å². The SMILES string of the molecule is C/C=C(\C)C(C)(c1ccc(O)cc1)c1ccc(-c2ccccc2)cc1. The van der Waals surface area contributed by atoms with Crippen LogP contribution in [0, 0.1) is 0 Å². The first-order chi connectivity index (χ1) is 12.1. The van der Waals surface area contributed by atoms with E-state index < -0.39 is 0 Å². The van der Waals surface area contributed by atoms with Crippen molar-refractivity contribution in [2.24, 2.45) is 0 Å². The van der Waals surface area contributed by atoms with Crippen LogP contribution >= 0.6 is 0 Å². The van der Waals surface area contributed by atoms with Gasteiger partial charge in [-0.1, -0.05) is 78.4 Å². The highest BCUT2D eigenvalue weighted by Crippen LogP contribution is 2.39. The molecule has 0 spiro atoms. The Morgan fingerprint density at radius 1 is 0.760 bits per heavy atom. The average molecular weight is 328 g/mol. The van der Waals surface area contributed by atoms with E-state index in [0.29, 0.717) is 5.75 Å². The van der Waals surface area contributed by atoms with Gasteiger partial charge >= 0.3 is 0 Å². The minimum Gasteiger partial charge on any atom is -0.508 e. The molecule has 3 aromatic rings. The van der Waals surface area contributed by atoms with Crippen molar-refractivity contribution in [1.82, 2.24) is 0 Å². The lowest BCUT2D eigenvalue weighted by Gasteiger charge is -2.32. The van der Waals surface area contributed by atoms with E-state index in [-0.39, 0.29) is 5.41 Å². The molecule has 0 saturated carbocycles. The summed E-state index contributed by atoms with van der Waals surface area (Å²) in [6.07, 6.45) is 2.16. The molecule has 126 valence electrons. The number of rotatable bonds is 4. The Kier molecular flexibility index (Phi) is 4.76. The van der Waals surface area contributed by atoms with Crippen LogP contribution in [0.5, 0.6) is 5.75 Å². The highest BCUT2D eigenvalue weighted by atomic mass is 16.3. The van der Waals surface area contributed by atoms with Crippen LogP contribution in [0.2, 0.25) is 0 Å². The van der Waals surface area contributed by atoms with E-state index >= 15 is 0 Å². The number of phenolic OH excluding ortho intramolecular Hbond substituents is 1. The van der Waals surface area contributed by atoms with Gasteiger partial charge in [-0.25, -0.2) is 0 Å². The second-order valence-corrected chi connectivity index (χ2v) is 6.59. The molecule has 3 aromatic carbocycles. The summed E-state index contributed by atoms with van der Waals surface area (Å²) in [7, 11) is 0. The number of hydrogen-bond acceptors (Lipinski definition) is 1. The van der Waals surface area contributed by atoms with Crippen LogP contribution in [0.4, 0.5) is 0 Å². The Morgan fingerprint density at radius 3 is 1.76 bits per heavy atom. The number of benzene rings is 3. The predicted octanol–water partition coefficient (Wildman–Crippen LogP) is 6.33. The van der Waals surface area contributed by atoms with E-state index in [9.17, 15) is 5.11 Å². The van der Waals surface area contributed by atoms with Gasteiger partial charge in [0.05, 0.1) is 0 Å². The monoisotopic (exact) mass is 328 g/mol. The highest BCUT2D eigenvalue weighted by molar-refractivity contribution is 5.64. The second kappa shape index (κ2) is 6.98. The third-order valence-corrected chi connectivity index (χ3v) is 5.24. The largest absolute Gasteiger partial charge is 0.508 e. The third kappa shape index (κ3) is 3.23. The van der Waals surface area contributed by atoms with E-state index in [1.807, 2.05) is 18.2 Å². The van der Waals surface area contributed by atoms with Crippen molar-refractivity contribution in [2.75, 3.05) is 0 Å². The molecule has 0 bridgehead atoms. The molecule has 0 heterocycles. The molecule has 0 amide bonds. The summed E-state index contributed by atoms with van der Waals surface area (Å²) in [5, 5.41) is 9.64. The van der Waals surface area contributed by atoms with Crippen molar-refractivity contribution in [3.05, 3.63) is 102 Å². The fourth-order valence-electron chi connectivity index (χ4n) is 3.33. The number of aromatic hydroxyl groups is 1. The van der Waals surface area contributed by atoms with E-state index in [0.717, 1.165) is 0 Å². The van der Waals surface area contributed by atoms with E-state index in [1.165, 1.54) is 27.8 Å². The molecule has 0 aromatic heterocycles. The summed E-state index contributed by atoms with van der Waals surface area (Å²) in [5.74, 6) is 0.295. The molecule has 0 saturated heterocycles. The van der Waals surface area contributed by atoms with Crippen molar-refractivity contribution in [3.8, 4) is 16.9 Å². The van der Waals surface area contributed by atoms with Gasteiger partial charge in [-0.2, -0.15) is 0 Å². The first-order valence-corrected chi connectivity index (χ1v) is 8.64. The predicted molar refractivity (Wildman–Crippen MR) is 106 cm³/mol. The number of phenols is 1. The maximum Gasteiger partial charge on any atom is 0.115 e. The van der Waals surface area contributed by atoms with Gasteiger partial charge in [0.1, 0.15) is 5.75 Å². The van der Waals surface area contributed by atoms with Crippen molar-refractivity contribution in [2.45, 2.75) is 26.2 Å². The summed E-state index contributed by atoms with van der Waals surface area (Å²) < 4.78 is 0. The Labute approximate surface area is 150 Å². The van der Waals surface area contributed by atoms with E-state index in [1.54, 1.807) is 12.1 Å². The Balaban J connectivity index is 2.07. The van der Waals surface area contributed by atoms with Crippen LogP contribution < -0.4 is 0 Å². The van der Waals surface area contributed by atoms with Crippen LogP contribution in [0.25, 0.3) is 11.1 Å². The van der Waals surface area contributed by atoms with Gasteiger partial charge in [0.25, 0.3) is 0 Å². The highest BCUT2D eigenvalue weighted by Gasteiger charge is 2.30. The van der Waals surface area contributed by atoms with Gasteiger partial charge in [0.2, 0.25) is 0 Å². The lowest BCUT2D eigenvalue weighted by molar-refractivity contribution is 0.474. The van der Waals surface area contributed by atoms with Crippen LogP contribution in [-0.4, -0.2) is 5.11 Å². The van der Waals surface area contributed by atoms with Gasteiger partial charge in [-0.3, -0.25) is 0 Å².